The van der Waals surface area contributed by atoms with E-state index in [1.165, 1.54) is 0 Å². The summed E-state index contributed by atoms with van der Waals surface area (Å²) in [6.07, 6.45) is -0.120. The fourth-order valence-corrected chi connectivity index (χ4v) is 3.48. The lowest BCUT2D eigenvalue weighted by molar-refractivity contribution is -0.180. The maximum atomic E-state index is 12.1. The number of benzene rings is 2. The van der Waals surface area contributed by atoms with Crippen molar-refractivity contribution in [3.8, 4) is 0 Å². The van der Waals surface area contributed by atoms with Gasteiger partial charge in [0, 0.05) is 16.5 Å². The summed E-state index contributed by atoms with van der Waals surface area (Å²) in [5, 5.41) is 0.658. The topological polar surface area (TPSA) is 35.5 Å². The SMILES string of the molecule is O=C1O[C@]2(O[C@H](CBr)c3ccccc32)c2ccccc21. The van der Waals surface area contributed by atoms with Gasteiger partial charge in [-0.2, -0.15) is 0 Å². The van der Waals surface area contributed by atoms with Crippen molar-refractivity contribution in [3.63, 3.8) is 0 Å². The second kappa shape index (κ2) is 4.17. The predicted octanol–water partition coefficient (Wildman–Crippen LogP) is 3.52. The summed E-state index contributed by atoms with van der Waals surface area (Å²) >= 11 is 3.47. The van der Waals surface area contributed by atoms with Gasteiger partial charge in [0.15, 0.2) is 0 Å². The maximum absolute atomic E-state index is 12.1. The maximum Gasteiger partial charge on any atom is 0.341 e. The first-order chi connectivity index (χ1) is 9.76. The van der Waals surface area contributed by atoms with Crippen LogP contribution in [0, 0.1) is 0 Å². The number of alkyl halides is 1. The lowest BCUT2D eigenvalue weighted by Gasteiger charge is -2.24. The molecule has 0 bridgehead atoms. The van der Waals surface area contributed by atoms with Crippen molar-refractivity contribution in [3.05, 3.63) is 70.8 Å². The number of hydrogen-bond donors (Lipinski definition) is 0. The molecule has 2 atom stereocenters. The number of halogens is 1. The lowest BCUT2D eigenvalue weighted by atomic mass is 9.94. The van der Waals surface area contributed by atoms with Crippen LogP contribution in [0.3, 0.4) is 0 Å². The Balaban J connectivity index is 1.99. The van der Waals surface area contributed by atoms with Crippen LogP contribution in [0.4, 0.5) is 0 Å². The quantitative estimate of drug-likeness (QED) is 0.592. The Morgan fingerprint density at radius 2 is 1.75 bits per heavy atom. The highest BCUT2D eigenvalue weighted by Gasteiger charge is 2.54. The van der Waals surface area contributed by atoms with Crippen LogP contribution >= 0.6 is 15.9 Å². The third-order valence-electron chi connectivity index (χ3n) is 3.85. The molecule has 0 saturated carbocycles. The molecule has 2 aromatic carbocycles. The molecule has 0 radical (unpaired) electrons. The first kappa shape index (κ1) is 12.1. The molecule has 2 heterocycles. The Morgan fingerprint density at radius 1 is 1.05 bits per heavy atom. The van der Waals surface area contributed by atoms with Gasteiger partial charge < -0.3 is 9.47 Å². The van der Waals surface area contributed by atoms with Crippen LogP contribution in [0.25, 0.3) is 0 Å². The highest BCUT2D eigenvalue weighted by Crippen LogP contribution is 2.52. The normalized spacial score (nSPS) is 26.4. The fraction of sp³-hybridized carbons (Fsp3) is 0.188. The zero-order valence-corrected chi connectivity index (χ0v) is 12.1. The highest BCUT2D eigenvalue weighted by atomic mass is 79.9. The monoisotopic (exact) mass is 330 g/mol. The van der Waals surface area contributed by atoms with Gasteiger partial charge in [-0.25, -0.2) is 4.79 Å². The summed E-state index contributed by atoms with van der Waals surface area (Å²) in [6, 6.07) is 15.3. The fourth-order valence-electron chi connectivity index (χ4n) is 3.00. The van der Waals surface area contributed by atoms with E-state index in [1.807, 2.05) is 42.5 Å². The number of carbonyl (C=O) groups excluding carboxylic acids is 1. The highest BCUT2D eigenvalue weighted by molar-refractivity contribution is 9.09. The van der Waals surface area contributed by atoms with Gasteiger partial charge in [-0.3, -0.25) is 0 Å². The van der Waals surface area contributed by atoms with E-state index in [4.69, 9.17) is 9.47 Å². The molecule has 0 N–H and O–H groups in total. The number of esters is 1. The summed E-state index contributed by atoms with van der Waals surface area (Å²) in [5.41, 5.74) is 3.36. The molecule has 2 aromatic rings. The van der Waals surface area contributed by atoms with Crippen LogP contribution in [-0.4, -0.2) is 11.3 Å². The second-order valence-electron chi connectivity index (χ2n) is 4.90. The van der Waals surface area contributed by atoms with Crippen molar-refractivity contribution in [2.45, 2.75) is 11.9 Å². The molecule has 0 fully saturated rings. The third-order valence-corrected chi connectivity index (χ3v) is 4.44. The van der Waals surface area contributed by atoms with Crippen molar-refractivity contribution in [2.75, 3.05) is 5.33 Å². The van der Waals surface area contributed by atoms with Crippen LogP contribution < -0.4 is 0 Å². The van der Waals surface area contributed by atoms with E-state index < -0.39 is 5.79 Å². The van der Waals surface area contributed by atoms with Crippen LogP contribution in [0.15, 0.2) is 48.5 Å². The Bertz CT molecular complexity index is 712. The number of ether oxygens (including phenoxy) is 2. The summed E-state index contributed by atoms with van der Waals surface area (Å²) in [4.78, 5) is 12.1. The molecule has 20 heavy (non-hydrogen) atoms. The van der Waals surface area contributed by atoms with Gasteiger partial charge in [0.25, 0.3) is 5.79 Å². The van der Waals surface area contributed by atoms with E-state index in [1.54, 1.807) is 6.07 Å². The minimum Gasteiger partial charge on any atom is -0.420 e. The van der Waals surface area contributed by atoms with Crippen LogP contribution in [0.2, 0.25) is 0 Å². The predicted molar refractivity (Wildman–Crippen MR) is 76.7 cm³/mol. The van der Waals surface area contributed by atoms with Gasteiger partial charge in [-0.05, 0) is 11.6 Å². The molecule has 4 rings (SSSR count). The molecule has 0 aromatic heterocycles. The zero-order chi connectivity index (χ0) is 13.7. The molecule has 2 aliphatic rings. The van der Waals surface area contributed by atoms with Crippen molar-refractivity contribution in [2.24, 2.45) is 0 Å². The van der Waals surface area contributed by atoms with Crippen LogP contribution in [-0.2, 0) is 15.3 Å². The summed E-state index contributed by atoms with van der Waals surface area (Å²) < 4.78 is 11.8. The first-order valence-corrected chi connectivity index (χ1v) is 7.54. The number of hydrogen-bond acceptors (Lipinski definition) is 3. The van der Waals surface area contributed by atoms with E-state index in [-0.39, 0.29) is 12.1 Å². The zero-order valence-electron chi connectivity index (χ0n) is 10.5. The van der Waals surface area contributed by atoms with Crippen molar-refractivity contribution in [1.82, 2.24) is 0 Å². The van der Waals surface area contributed by atoms with Crippen molar-refractivity contribution >= 4 is 21.9 Å². The minimum absolute atomic E-state index is 0.120. The van der Waals surface area contributed by atoms with E-state index in [0.29, 0.717) is 10.9 Å². The Labute approximate surface area is 124 Å². The largest absolute Gasteiger partial charge is 0.420 e. The molecule has 3 nitrogen and oxygen atoms in total. The molecule has 0 aliphatic carbocycles. The van der Waals surface area contributed by atoms with Gasteiger partial charge in [0.2, 0.25) is 0 Å². The molecule has 0 unspecified atom stereocenters. The smallest absolute Gasteiger partial charge is 0.341 e. The van der Waals surface area contributed by atoms with Crippen molar-refractivity contribution in [1.29, 1.82) is 0 Å². The average Bonchev–Trinajstić information content (AvgIpc) is 2.97. The Morgan fingerprint density at radius 3 is 2.55 bits per heavy atom. The Hall–Kier alpha value is -1.65. The molecule has 4 heteroatoms. The van der Waals surface area contributed by atoms with E-state index in [0.717, 1.165) is 16.7 Å². The molecule has 100 valence electrons. The lowest BCUT2D eigenvalue weighted by Crippen LogP contribution is -2.27. The Kier molecular flexibility index (Phi) is 2.53. The minimum atomic E-state index is -1.08. The van der Waals surface area contributed by atoms with Gasteiger partial charge in [-0.15, -0.1) is 0 Å². The third kappa shape index (κ3) is 1.41. The molecule has 2 aliphatic heterocycles. The standard InChI is InChI=1S/C16H11BrO3/c17-9-14-10-5-1-3-7-12(10)16(19-14)13-8-4-2-6-11(13)15(18)20-16/h1-8,14H,9H2/t14-,16+/m1/s1. The second-order valence-corrected chi connectivity index (χ2v) is 5.55. The van der Waals surface area contributed by atoms with E-state index in [9.17, 15) is 4.79 Å². The van der Waals surface area contributed by atoms with E-state index >= 15 is 0 Å². The van der Waals surface area contributed by atoms with Crippen molar-refractivity contribution < 1.29 is 14.3 Å². The number of carbonyl (C=O) groups is 1. The molecule has 0 amide bonds. The van der Waals surface area contributed by atoms with Crippen LogP contribution in [0.1, 0.15) is 33.2 Å². The molecular weight excluding hydrogens is 320 g/mol. The summed E-state index contributed by atoms with van der Waals surface area (Å²) in [5.74, 6) is -1.41. The average molecular weight is 331 g/mol. The van der Waals surface area contributed by atoms with E-state index in [2.05, 4.69) is 15.9 Å². The molecule has 0 saturated heterocycles. The number of fused-ring (bicyclic) bond motifs is 4. The summed E-state index contributed by atoms with van der Waals surface area (Å²) in [7, 11) is 0. The number of rotatable bonds is 1. The van der Waals surface area contributed by atoms with Gasteiger partial charge in [0.1, 0.15) is 0 Å². The summed E-state index contributed by atoms with van der Waals surface area (Å²) in [6.45, 7) is 0. The van der Waals surface area contributed by atoms with Gasteiger partial charge in [-0.1, -0.05) is 58.4 Å². The van der Waals surface area contributed by atoms with Crippen LogP contribution in [0.5, 0.6) is 0 Å². The molecular formula is C16H11BrO3. The van der Waals surface area contributed by atoms with Gasteiger partial charge in [0.05, 0.1) is 11.7 Å². The first-order valence-electron chi connectivity index (χ1n) is 6.42. The van der Waals surface area contributed by atoms with Gasteiger partial charge >= 0.3 is 5.97 Å². The molecule has 1 spiro atoms.